The van der Waals surface area contributed by atoms with Crippen LogP contribution in [0.3, 0.4) is 0 Å². The minimum atomic E-state index is 0.260. The third-order valence-electron chi connectivity index (χ3n) is 2.00. The molecule has 68 valence electrons. The van der Waals surface area contributed by atoms with Gasteiger partial charge in [-0.3, -0.25) is 0 Å². The first-order chi connectivity index (χ1) is 6.27. The zero-order valence-electron chi connectivity index (χ0n) is 8.08. The van der Waals surface area contributed by atoms with E-state index in [2.05, 4.69) is 5.92 Å². The molecule has 0 saturated carbocycles. The summed E-state index contributed by atoms with van der Waals surface area (Å²) in [5.74, 6) is 3.89. The number of terminal acetylenes is 1. The van der Waals surface area contributed by atoms with E-state index >= 15 is 0 Å². The Kier molecular flexibility index (Phi) is 3.40. The minimum Gasteiger partial charge on any atom is -0.496 e. The molecular formula is C12H14O. The van der Waals surface area contributed by atoms with E-state index < -0.39 is 0 Å². The van der Waals surface area contributed by atoms with Crippen LogP contribution in [-0.2, 0) is 6.42 Å². The van der Waals surface area contributed by atoms with E-state index in [9.17, 15) is 0 Å². The van der Waals surface area contributed by atoms with Crippen LogP contribution in [0.1, 0.15) is 12.5 Å². The summed E-state index contributed by atoms with van der Waals surface area (Å²) in [7, 11) is 1.68. The molecule has 0 saturated heterocycles. The van der Waals surface area contributed by atoms with Crippen molar-refractivity contribution in [2.24, 2.45) is 5.92 Å². The lowest BCUT2D eigenvalue weighted by Gasteiger charge is -2.09. The van der Waals surface area contributed by atoms with Crippen LogP contribution >= 0.6 is 0 Å². The van der Waals surface area contributed by atoms with Gasteiger partial charge in [-0.1, -0.05) is 25.1 Å². The van der Waals surface area contributed by atoms with Gasteiger partial charge >= 0.3 is 0 Å². The Labute approximate surface area is 79.7 Å². The molecule has 13 heavy (non-hydrogen) atoms. The van der Waals surface area contributed by atoms with Crippen molar-refractivity contribution in [1.82, 2.24) is 0 Å². The Morgan fingerprint density at radius 2 is 2.15 bits per heavy atom. The van der Waals surface area contributed by atoms with Crippen molar-refractivity contribution in [3.8, 4) is 18.1 Å². The molecule has 1 nitrogen and oxygen atoms in total. The second-order valence-electron chi connectivity index (χ2n) is 3.08. The quantitative estimate of drug-likeness (QED) is 0.640. The highest BCUT2D eigenvalue weighted by atomic mass is 16.5. The maximum atomic E-state index is 5.32. The molecule has 1 aromatic rings. The van der Waals surface area contributed by atoms with Crippen LogP contribution in [0.25, 0.3) is 0 Å². The summed E-state index contributed by atoms with van der Waals surface area (Å²) in [5.41, 5.74) is 1.18. The number of hydrogen-bond donors (Lipinski definition) is 0. The van der Waals surface area contributed by atoms with Crippen molar-refractivity contribution < 1.29 is 4.74 Å². The van der Waals surface area contributed by atoms with E-state index in [1.54, 1.807) is 7.11 Å². The Morgan fingerprint density at radius 1 is 1.46 bits per heavy atom. The van der Waals surface area contributed by atoms with Crippen LogP contribution in [-0.4, -0.2) is 7.11 Å². The fraction of sp³-hybridized carbons (Fsp3) is 0.333. The highest BCUT2D eigenvalue weighted by molar-refractivity contribution is 5.34. The molecule has 0 bridgehead atoms. The van der Waals surface area contributed by atoms with Crippen LogP contribution < -0.4 is 4.74 Å². The van der Waals surface area contributed by atoms with Gasteiger partial charge in [-0.05, 0) is 18.1 Å². The highest BCUT2D eigenvalue weighted by Gasteiger charge is 2.04. The molecule has 0 aliphatic carbocycles. The van der Waals surface area contributed by atoms with Gasteiger partial charge in [0.15, 0.2) is 0 Å². The van der Waals surface area contributed by atoms with Gasteiger partial charge in [0.25, 0.3) is 0 Å². The number of ether oxygens (including phenoxy) is 1. The molecule has 0 N–H and O–H groups in total. The van der Waals surface area contributed by atoms with Gasteiger partial charge < -0.3 is 4.74 Å². The standard InChI is InChI=1S/C12H14O/c1-4-10(2)9-11-7-5-6-8-12(11)13-3/h1,5-8,10H,9H2,2-3H3. The van der Waals surface area contributed by atoms with E-state index in [1.807, 2.05) is 31.2 Å². The zero-order valence-corrected chi connectivity index (χ0v) is 8.08. The Morgan fingerprint density at radius 3 is 2.77 bits per heavy atom. The first kappa shape index (κ1) is 9.67. The summed E-state index contributed by atoms with van der Waals surface area (Å²) in [6.07, 6.45) is 6.20. The molecule has 1 aromatic carbocycles. The Balaban J connectivity index is 2.82. The van der Waals surface area contributed by atoms with Crippen LogP contribution in [0.2, 0.25) is 0 Å². The van der Waals surface area contributed by atoms with E-state index in [0.717, 1.165) is 12.2 Å². The second kappa shape index (κ2) is 4.57. The van der Waals surface area contributed by atoms with Gasteiger partial charge in [0.2, 0.25) is 0 Å². The maximum Gasteiger partial charge on any atom is 0.122 e. The molecule has 0 heterocycles. The molecule has 0 amide bonds. The molecule has 1 unspecified atom stereocenters. The van der Waals surface area contributed by atoms with E-state index in [-0.39, 0.29) is 5.92 Å². The third kappa shape index (κ3) is 2.52. The van der Waals surface area contributed by atoms with E-state index in [1.165, 1.54) is 5.56 Å². The molecule has 1 rings (SSSR count). The summed E-state index contributed by atoms with van der Waals surface area (Å²) in [6, 6.07) is 7.97. The molecule has 0 spiro atoms. The molecule has 0 aliphatic heterocycles. The number of hydrogen-bond acceptors (Lipinski definition) is 1. The lowest BCUT2D eigenvalue weighted by atomic mass is 10.0. The predicted octanol–water partition coefficient (Wildman–Crippen LogP) is 2.51. The van der Waals surface area contributed by atoms with Crippen molar-refractivity contribution in [2.75, 3.05) is 7.11 Å². The lowest BCUT2D eigenvalue weighted by Crippen LogP contribution is -1.98. The lowest BCUT2D eigenvalue weighted by molar-refractivity contribution is 0.408. The van der Waals surface area contributed by atoms with Crippen molar-refractivity contribution in [3.05, 3.63) is 29.8 Å². The van der Waals surface area contributed by atoms with Gasteiger partial charge in [0, 0.05) is 5.92 Å². The number of para-hydroxylation sites is 1. The SMILES string of the molecule is C#CC(C)Cc1ccccc1OC. The van der Waals surface area contributed by atoms with E-state index in [0.29, 0.717) is 0 Å². The Bertz CT molecular complexity index is 309. The largest absolute Gasteiger partial charge is 0.496 e. The average Bonchev–Trinajstić information content (AvgIpc) is 2.18. The maximum absolute atomic E-state index is 5.32. The molecule has 0 aliphatic rings. The van der Waals surface area contributed by atoms with Gasteiger partial charge in [0.1, 0.15) is 5.75 Å². The summed E-state index contributed by atoms with van der Waals surface area (Å²) in [6.45, 7) is 2.03. The fourth-order valence-electron chi connectivity index (χ4n) is 1.26. The molecule has 0 radical (unpaired) electrons. The average molecular weight is 174 g/mol. The van der Waals surface area contributed by atoms with Crippen molar-refractivity contribution in [2.45, 2.75) is 13.3 Å². The van der Waals surface area contributed by atoms with Gasteiger partial charge in [-0.25, -0.2) is 0 Å². The molecule has 1 atom stereocenters. The van der Waals surface area contributed by atoms with Gasteiger partial charge in [0.05, 0.1) is 7.11 Å². The third-order valence-corrected chi connectivity index (χ3v) is 2.00. The summed E-state index contributed by atoms with van der Waals surface area (Å²) in [4.78, 5) is 0. The normalized spacial score (nSPS) is 11.8. The van der Waals surface area contributed by atoms with Crippen LogP contribution in [0, 0.1) is 18.3 Å². The van der Waals surface area contributed by atoms with Crippen molar-refractivity contribution >= 4 is 0 Å². The van der Waals surface area contributed by atoms with Crippen LogP contribution in [0.15, 0.2) is 24.3 Å². The highest BCUT2D eigenvalue weighted by Crippen LogP contribution is 2.20. The molecule has 1 heteroatoms. The first-order valence-electron chi connectivity index (χ1n) is 4.36. The molecular weight excluding hydrogens is 160 g/mol. The number of methoxy groups -OCH3 is 1. The summed E-state index contributed by atoms with van der Waals surface area (Å²) >= 11 is 0. The summed E-state index contributed by atoms with van der Waals surface area (Å²) in [5, 5.41) is 0. The summed E-state index contributed by atoms with van der Waals surface area (Å²) < 4.78 is 5.22. The molecule has 0 aromatic heterocycles. The zero-order chi connectivity index (χ0) is 9.68. The minimum absolute atomic E-state index is 0.260. The van der Waals surface area contributed by atoms with Crippen molar-refractivity contribution in [3.63, 3.8) is 0 Å². The Hall–Kier alpha value is -1.42. The number of rotatable bonds is 3. The monoisotopic (exact) mass is 174 g/mol. The van der Waals surface area contributed by atoms with Crippen molar-refractivity contribution in [1.29, 1.82) is 0 Å². The van der Waals surface area contributed by atoms with Crippen LogP contribution in [0.4, 0.5) is 0 Å². The second-order valence-corrected chi connectivity index (χ2v) is 3.08. The first-order valence-corrected chi connectivity index (χ1v) is 4.36. The van der Waals surface area contributed by atoms with Crippen LogP contribution in [0.5, 0.6) is 5.75 Å². The smallest absolute Gasteiger partial charge is 0.122 e. The topological polar surface area (TPSA) is 9.23 Å². The predicted molar refractivity (Wildman–Crippen MR) is 54.7 cm³/mol. The van der Waals surface area contributed by atoms with E-state index in [4.69, 9.17) is 11.2 Å². The van der Waals surface area contributed by atoms with Gasteiger partial charge in [-0.15, -0.1) is 12.3 Å². The van der Waals surface area contributed by atoms with Gasteiger partial charge in [-0.2, -0.15) is 0 Å². The fourth-order valence-corrected chi connectivity index (χ4v) is 1.26. The molecule has 0 fully saturated rings. The number of benzene rings is 1.